The number of fused-ring (bicyclic) bond motifs is 1. The van der Waals surface area contributed by atoms with Crippen LogP contribution in [-0.2, 0) is 22.5 Å². The van der Waals surface area contributed by atoms with Crippen molar-refractivity contribution in [2.24, 2.45) is 0 Å². The van der Waals surface area contributed by atoms with Gasteiger partial charge in [-0.1, -0.05) is 18.2 Å². The van der Waals surface area contributed by atoms with Crippen molar-refractivity contribution in [3.8, 4) is 0 Å². The Bertz CT molecular complexity index is 911. The van der Waals surface area contributed by atoms with E-state index < -0.39 is 0 Å². The fourth-order valence-corrected chi connectivity index (χ4v) is 4.03. The lowest BCUT2D eigenvalue weighted by atomic mass is 10.1. The molecule has 0 bridgehead atoms. The lowest BCUT2D eigenvalue weighted by molar-refractivity contribution is -0.115. The van der Waals surface area contributed by atoms with Gasteiger partial charge in [0.25, 0.3) is 0 Å². The maximum Gasteiger partial charge on any atom is 0.230 e. The number of anilines is 1. The van der Waals surface area contributed by atoms with E-state index in [0.29, 0.717) is 11.6 Å². The van der Waals surface area contributed by atoms with Crippen LogP contribution < -0.4 is 5.32 Å². The van der Waals surface area contributed by atoms with Gasteiger partial charge < -0.3 is 15.0 Å². The van der Waals surface area contributed by atoms with Crippen molar-refractivity contribution >= 4 is 33.3 Å². The summed E-state index contributed by atoms with van der Waals surface area (Å²) in [5, 5.41) is 6.72. The van der Waals surface area contributed by atoms with Crippen molar-refractivity contribution in [2.75, 3.05) is 31.6 Å². The number of H-pyrrole nitrogens is 1. The Hall–Kier alpha value is -2.22. The minimum absolute atomic E-state index is 0.0369. The summed E-state index contributed by atoms with van der Waals surface area (Å²) in [6.45, 7) is 6.22. The lowest BCUT2D eigenvalue weighted by Crippen LogP contribution is -2.35. The highest BCUT2D eigenvalue weighted by molar-refractivity contribution is 7.13. The second-order valence-corrected chi connectivity index (χ2v) is 7.39. The third-order valence-corrected chi connectivity index (χ3v) is 5.46. The third kappa shape index (κ3) is 3.80. The number of nitrogens with zero attached hydrogens (tertiary/aromatic N) is 2. The Morgan fingerprint density at radius 2 is 2.15 bits per heavy atom. The van der Waals surface area contributed by atoms with Crippen molar-refractivity contribution in [1.29, 1.82) is 0 Å². The van der Waals surface area contributed by atoms with Gasteiger partial charge in [-0.2, -0.15) is 0 Å². The van der Waals surface area contributed by atoms with Gasteiger partial charge in [-0.3, -0.25) is 9.69 Å². The fourth-order valence-electron chi connectivity index (χ4n) is 3.31. The first-order valence-corrected chi connectivity index (χ1v) is 9.67. The number of morpholine rings is 1. The highest BCUT2D eigenvalue weighted by Crippen LogP contribution is 2.23. The number of rotatable bonds is 5. The number of aromatic nitrogens is 2. The summed E-state index contributed by atoms with van der Waals surface area (Å²) in [7, 11) is 0. The van der Waals surface area contributed by atoms with Crippen LogP contribution in [0.3, 0.4) is 0 Å². The molecule has 1 fully saturated rings. The number of aryl methyl sites for hydroxylation is 1. The van der Waals surface area contributed by atoms with Crippen LogP contribution >= 0.6 is 11.3 Å². The van der Waals surface area contributed by atoms with Gasteiger partial charge in [0.05, 0.1) is 25.3 Å². The molecule has 7 heteroatoms. The molecule has 2 N–H and O–H groups in total. The molecule has 0 saturated carbocycles. The molecule has 0 radical (unpaired) electrons. The zero-order valence-corrected chi connectivity index (χ0v) is 15.6. The number of carbonyl (C=O) groups is 1. The molecule has 1 aliphatic rings. The van der Waals surface area contributed by atoms with Crippen LogP contribution in [0.25, 0.3) is 10.9 Å². The van der Waals surface area contributed by atoms with Crippen LogP contribution in [0.1, 0.15) is 17.0 Å². The van der Waals surface area contributed by atoms with Crippen LogP contribution in [-0.4, -0.2) is 47.1 Å². The van der Waals surface area contributed by atoms with E-state index in [1.807, 2.05) is 36.6 Å². The number of nitrogens with one attached hydrogen (secondary N) is 2. The molecule has 1 saturated heterocycles. The van der Waals surface area contributed by atoms with E-state index in [-0.39, 0.29) is 5.91 Å². The summed E-state index contributed by atoms with van der Waals surface area (Å²) in [5.41, 5.74) is 4.14. The van der Waals surface area contributed by atoms with E-state index >= 15 is 0 Å². The molecule has 1 aromatic carbocycles. The molecule has 0 atom stereocenters. The minimum atomic E-state index is -0.0369. The molecule has 0 unspecified atom stereocenters. The first-order valence-electron chi connectivity index (χ1n) is 8.79. The maximum absolute atomic E-state index is 12.5. The molecule has 0 spiro atoms. The third-order valence-electron chi connectivity index (χ3n) is 4.65. The SMILES string of the molecule is Cc1[nH]c2ccccc2c1CC(=O)Nc1nc(CN2CCOCC2)cs1. The van der Waals surface area contributed by atoms with E-state index in [1.165, 1.54) is 11.3 Å². The Morgan fingerprint density at radius 3 is 3.00 bits per heavy atom. The second-order valence-electron chi connectivity index (χ2n) is 6.53. The number of benzene rings is 1. The van der Waals surface area contributed by atoms with Gasteiger partial charge in [0.2, 0.25) is 5.91 Å². The van der Waals surface area contributed by atoms with Gasteiger partial charge in [0, 0.05) is 41.6 Å². The summed E-state index contributed by atoms with van der Waals surface area (Å²) >= 11 is 1.48. The number of hydrogen-bond acceptors (Lipinski definition) is 5. The average Bonchev–Trinajstić information content (AvgIpc) is 3.20. The Kier molecular flexibility index (Phi) is 5.01. The Morgan fingerprint density at radius 1 is 1.35 bits per heavy atom. The van der Waals surface area contributed by atoms with Crippen molar-refractivity contribution in [2.45, 2.75) is 19.9 Å². The van der Waals surface area contributed by atoms with Crippen LogP contribution in [0, 0.1) is 6.92 Å². The topological polar surface area (TPSA) is 70.2 Å². The average molecular weight is 370 g/mol. The van der Waals surface area contributed by atoms with Gasteiger partial charge in [-0.25, -0.2) is 4.98 Å². The summed E-state index contributed by atoms with van der Waals surface area (Å²) in [5.74, 6) is -0.0369. The van der Waals surface area contributed by atoms with Crippen molar-refractivity contribution in [3.05, 3.63) is 46.6 Å². The number of ether oxygens (including phenoxy) is 1. The molecule has 1 amide bonds. The number of thiazole rings is 1. The number of para-hydroxylation sites is 1. The predicted molar refractivity (Wildman–Crippen MR) is 104 cm³/mol. The van der Waals surface area contributed by atoms with Crippen LogP contribution in [0.15, 0.2) is 29.6 Å². The second kappa shape index (κ2) is 7.57. The van der Waals surface area contributed by atoms with Gasteiger partial charge in [0.15, 0.2) is 5.13 Å². The van der Waals surface area contributed by atoms with Crippen LogP contribution in [0.5, 0.6) is 0 Å². The largest absolute Gasteiger partial charge is 0.379 e. The van der Waals surface area contributed by atoms with Gasteiger partial charge >= 0.3 is 0 Å². The predicted octanol–water partition coefficient (Wildman–Crippen LogP) is 2.95. The first-order chi connectivity index (χ1) is 12.7. The lowest BCUT2D eigenvalue weighted by Gasteiger charge is -2.25. The first kappa shape index (κ1) is 17.2. The zero-order chi connectivity index (χ0) is 17.9. The van der Waals surface area contributed by atoms with E-state index in [4.69, 9.17) is 4.74 Å². The van der Waals surface area contributed by atoms with E-state index in [2.05, 4.69) is 20.2 Å². The van der Waals surface area contributed by atoms with Crippen molar-refractivity contribution in [1.82, 2.24) is 14.9 Å². The number of amides is 1. The van der Waals surface area contributed by atoms with Crippen LogP contribution in [0.4, 0.5) is 5.13 Å². The quantitative estimate of drug-likeness (QED) is 0.724. The summed E-state index contributed by atoms with van der Waals surface area (Å²) in [6, 6.07) is 8.07. The highest BCUT2D eigenvalue weighted by atomic mass is 32.1. The zero-order valence-electron chi connectivity index (χ0n) is 14.7. The number of aromatic amines is 1. The maximum atomic E-state index is 12.5. The van der Waals surface area contributed by atoms with Gasteiger partial charge in [-0.15, -0.1) is 11.3 Å². The summed E-state index contributed by atoms with van der Waals surface area (Å²) < 4.78 is 5.37. The molecule has 6 nitrogen and oxygen atoms in total. The number of carbonyl (C=O) groups excluding carboxylic acids is 1. The van der Waals surface area contributed by atoms with E-state index in [9.17, 15) is 4.79 Å². The molecule has 3 heterocycles. The van der Waals surface area contributed by atoms with Crippen LogP contribution in [0.2, 0.25) is 0 Å². The van der Waals surface area contributed by atoms with Crippen molar-refractivity contribution in [3.63, 3.8) is 0 Å². The molecule has 1 aliphatic heterocycles. The van der Waals surface area contributed by atoms with E-state index in [0.717, 1.165) is 60.7 Å². The molecule has 0 aliphatic carbocycles. The molecular formula is C19H22N4O2S. The number of hydrogen-bond donors (Lipinski definition) is 2. The summed E-state index contributed by atoms with van der Waals surface area (Å²) in [6.07, 6.45) is 0.341. The molecule has 2 aromatic heterocycles. The fraction of sp³-hybridized carbons (Fsp3) is 0.368. The molecule has 3 aromatic rings. The summed E-state index contributed by atoms with van der Waals surface area (Å²) in [4.78, 5) is 22.7. The normalized spacial score (nSPS) is 15.4. The van der Waals surface area contributed by atoms with Crippen molar-refractivity contribution < 1.29 is 9.53 Å². The molecule has 136 valence electrons. The minimum Gasteiger partial charge on any atom is -0.379 e. The van der Waals surface area contributed by atoms with E-state index in [1.54, 1.807) is 0 Å². The molecule has 26 heavy (non-hydrogen) atoms. The van der Waals surface area contributed by atoms with Gasteiger partial charge in [0.1, 0.15) is 0 Å². The Balaban J connectivity index is 1.39. The Labute approximate surface area is 156 Å². The highest BCUT2D eigenvalue weighted by Gasteiger charge is 2.15. The van der Waals surface area contributed by atoms with Gasteiger partial charge in [-0.05, 0) is 18.6 Å². The molecular weight excluding hydrogens is 348 g/mol. The standard InChI is InChI=1S/C19H22N4O2S/c1-13-16(15-4-2-3-5-17(15)20-13)10-18(24)22-19-21-14(12-26-19)11-23-6-8-25-9-7-23/h2-5,12,20H,6-11H2,1H3,(H,21,22,24). The smallest absolute Gasteiger partial charge is 0.230 e. The molecule has 4 rings (SSSR count). The monoisotopic (exact) mass is 370 g/mol.